The first-order chi connectivity index (χ1) is 13.5. The Morgan fingerprint density at radius 3 is 2.64 bits per heavy atom. The van der Waals surface area contributed by atoms with Gasteiger partial charge in [-0.25, -0.2) is 0 Å². The second-order valence-corrected chi connectivity index (χ2v) is 7.37. The van der Waals surface area contributed by atoms with E-state index in [0.29, 0.717) is 17.1 Å². The van der Waals surface area contributed by atoms with Gasteiger partial charge in [-0.2, -0.15) is 10.4 Å². The van der Waals surface area contributed by atoms with E-state index in [4.69, 9.17) is 11.6 Å². The zero-order valence-corrected chi connectivity index (χ0v) is 16.5. The van der Waals surface area contributed by atoms with E-state index in [-0.39, 0.29) is 0 Å². The Balaban J connectivity index is 1.82. The Morgan fingerprint density at radius 2 is 1.96 bits per heavy atom. The van der Waals surface area contributed by atoms with Crippen LogP contribution in [0.4, 0.5) is 0 Å². The molecule has 138 valence electrons. The fourth-order valence-electron chi connectivity index (χ4n) is 3.36. The zero-order chi connectivity index (χ0) is 19.7. The van der Waals surface area contributed by atoms with Gasteiger partial charge in [0.15, 0.2) is 0 Å². The number of rotatable bonds is 4. The largest absolute Gasteiger partial charge is 0.342 e. The molecule has 2 aromatic heterocycles. The molecule has 0 amide bonds. The lowest BCUT2D eigenvalue weighted by Crippen LogP contribution is -1.96. The molecule has 0 unspecified atom stereocenters. The number of allylic oxidation sites excluding steroid dienone is 1. The summed E-state index contributed by atoms with van der Waals surface area (Å²) in [4.78, 5) is 0. The van der Waals surface area contributed by atoms with Gasteiger partial charge in [0.1, 0.15) is 0 Å². The molecule has 0 aliphatic carbocycles. The summed E-state index contributed by atoms with van der Waals surface area (Å²) in [6, 6.07) is 16.2. The van der Waals surface area contributed by atoms with Crippen molar-refractivity contribution in [3.63, 3.8) is 0 Å². The number of aryl methyl sites for hydroxylation is 2. The first-order valence-electron chi connectivity index (χ1n) is 8.98. The molecule has 4 rings (SSSR count). The van der Waals surface area contributed by atoms with E-state index in [1.807, 2.05) is 74.9 Å². The third-order valence-corrected chi connectivity index (χ3v) is 5.00. The van der Waals surface area contributed by atoms with E-state index < -0.39 is 0 Å². The van der Waals surface area contributed by atoms with Crippen molar-refractivity contribution in [3.8, 4) is 6.07 Å². The van der Waals surface area contributed by atoms with Crippen molar-refractivity contribution < 1.29 is 0 Å². The normalized spacial score (nSPS) is 11.7. The lowest BCUT2D eigenvalue weighted by Gasteiger charge is -2.03. The van der Waals surface area contributed by atoms with Crippen LogP contribution >= 0.6 is 11.6 Å². The van der Waals surface area contributed by atoms with Crippen molar-refractivity contribution in [3.05, 3.63) is 88.3 Å². The fourth-order valence-corrected chi connectivity index (χ4v) is 3.52. The van der Waals surface area contributed by atoms with Crippen molar-refractivity contribution in [2.75, 3.05) is 0 Å². The van der Waals surface area contributed by atoms with Gasteiger partial charge in [0.05, 0.1) is 29.9 Å². The Hall–Kier alpha value is -3.29. The summed E-state index contributed by atoms with van der Waals surface area (Å²) < 4.78 is 3.94. The van der Waals surface area contributed by atoms with E-state index in [2.05, 4.69) is 21.9 Å². The maximum atomic E-state index is 9.71. The van der Waals surface area contributed by atoms with Gasteiger partial charge in [0.2, 0.25) is 0 Å². The van der Waals surface area contributed by atoms with Crippen molar-refractivity contribution >= 4 is 34.2 Å². The number of nitriles is 1. The third kappa shape index (κ3) is 3.58. The van der Waals surface area contributed by atoms with Crippen LogP contribution in [0.15, 0.2) is 61.1 Å². The van der Waals surface area contributed by atoms with Crippen LogP contribution < -0.4 is 0 Å². The lowest BCUT2D eigenvalue weighted by atomic mass is 10.0. The Kier molecular flexibility index (Phi) is 4.77. The molecule has 0 bridgehead atoms. The van der Waals surface area contributed by atoms with Gasteiger partial charge in [0.25, 0.3) is 0 Å². The molecule has 0 spiro atoms. The monoisotopic (exact) mass is 386 g/mol. The maximum Gasteiger partial charge on any atom is 0.0998 e. The molecule has 0 radical (unpaired) electrons. The highest BCUT2D eigenvalue weighted by Gasteiger charge is 2.11. The summed E-state index contributed by atoms with van der Waals surface area (Å²) in [5, 5.41) is 15.7. The van der Waals surface area contributed by atoms with Crippen LogP contribution in [0.25, 0.3) is 22.6 Å². The lowest BCUT2D eigenvalue weighted by molar-refractivity contribution is 0.764. The molecule has 0 atom stereocenters. The summed E-state index contributed by atoms with van der Waals surface area (Å²) in [5.74, 6) is 0. The highest BCUT2D eigenvalue weighted by atomic mass is 35.5. The molecule has 2 aromatic carbocycles. The van der Waals surface area contributed by atoms with Gasteiger partial charge in [0, 0.05) is 41.0 Å². The molecule has 4 nitrogen and oxygen atoms in total. The molecular formula is C23H19ClN4. The minimum Gasteiger partial charge on any atom is -0.342 e. The second kappa shape index (κ2) is 7.38. The van der Waals surface area contributed by atoms with Crippen LogP contribution in [0.2, 0.25) is 5.02 Å². The number of fused-ring (bicyclic) bond motifs is 1. The van der Waals surface area contributed by atoms with Gasteiger partial charge in [-0.3, -0.25) is 4.68 Å². The van der Waals surface area contributed by atoms with Gasteiger partial charge < -0.3 is 4.57 Å². The summed E-state index contributed by atoms with van der Waals surface area (Å²) in [7, 11) is 1.91. The number of hydrogen-bond donors (Lipinski definition) is 0. The highest BCUT2D eigenvalue weighted by molar-refractivity contribution is 6.31. The summed E-state index contributed by atoms with van der Waals surface area (Å²) in [5.41, 5.74) is 5.85. The average Bonchev–Trinajstić information content (AvgIpc) is 3.24. The topological polar surface area (TPSA) is 46.5 Å². The number of aromatic nitrogens is 3. The molecule has 2 heterocycles. The number of benzene rings is 2. The maximum absolute atomic E-state index is 9.71. The van der Waals surface area contributed by atoms with Gasteiger partial charge >= 0.3 is 0 Å². The van der Waals surface area contributed by atoms with Crippen LogP contribution in [0.5, 0.6) is 0 Å². The number of halogens is 1. The third-order valence-electron chi connectivity index (χ3n) is 4.77. The Morgan fingerprint density at radius 1 is 1.18 bits per heavy atom. The van der Waals surface area contributed by atoms with Crippen molar-refractivity contribution in [2.24, 2.45) is 7.05 Å². The van der Waals surface area contributed by atoms with Crippen molar-refractivity contribution in [1.82, 2.24) is 14.3 Å². The summed E-state index contributed by atoms with van der Waals surface area (Å²) in [6.07, 6.45) is 7.87. The fraction of sp³-hybridized carbons (Fsp3) is 0.130. The van der Waals surface area contributed by atoms with Crippen LogP contribution in [-0.2, 0) is 13.6 Å². The molecule has 0 aliphatic heterocycles. The Bertz CT molecular complexity index is 1220. The van der Waals surface area contributed by atoms with E-state index in [0.717, 1.165) is 27.6 Å². The minimum atomic E-state index is 0.635. The highest BCUT2D eigenvalue weighted by Crippen LogP contribution is 2.29. The average molecular weight is 387 g/mol. The molecular weight excluding hydrogens is 368 g/mol. The molecule has 5 heteroatoms. The van der Waals surface area contributed by atoms with Gasteiger partial charge in [-0.15, -0.1) is 0 Å². The van der Waals surface area contributed by atoms with Crippen LogP contribution in [0.1, 0.15) is 22.3 Å². The van der Waals surface area contributed by atoms with Crippen LogP contribution in [0.3, 0.4) is 0 Å². The molecule has 0 fully saturated rings. The van der Waals surface area contributed by atoms with Crippen molar-refractivity contribution in [2.45, 2.75) is 13.5 Å². The first-order valence-corrected chi connectivity index (χ1v) is 9.36. The number of nitrogens with zero attached hydrogens (tertiary/aromatic N) is 4. The Labute approximate surface area is 168 Å². The molecule has 28 heavy (non-hydrogen) atoms. The van der Waals surface area contributed by atoms with E-state index in [1.165, 1.54) is 5.56 Å². The van der Waals surface area contributed by atoms with E-state index in [1.54, 1.807) is 4.68 Å². The van der Waals surface area contributed by atoms with E-state index in [9.17, 15) is 5.26 Å². The van der Waals surface area contributed by atoms with Crippen molar-refractivity contribution in [1.29, 1.82) is 5.26 Å². The minimum absolute atomic E-state index is 0.635. The van der Waals surface area contributed by atoms with Crippen LogP contribution in [-0.4, -0.2) is 14.3 Å². The summed E-state index contributed by atoms with van der Waals surface area (Å²) >= 11 is 6.25. The predicted octanol–water partition coefficient (Wildman–Crippen LogP) is 5.45. The predicted molar refractivity (Wildman–Crippen MR) is 114 cm³/mol. The zero-order valence-electron chi connectivity index (χ0n) is 15.7. The molecule has 0 saturated carbocycles. The van der Waals surface area contributed by atoms with Gasteiger partial charge in [-0.1, -0.05) is 47.5 Å². The quantitative estimate of drug-likeness (QED) is 0.438. The SMILES string of the molecule is Cc1ccc(/C(C#N)=C/c2cn(Cc3cnn(C)c3)c3cc(Cl)ccc23)cc1. The molecule has 4 aromatic rings. The van der Waals surface area contributed by atoms with Crippen LogP contribution in [0, 0.1) is 18.3 Å². The first kappa shape index (κ1) is 18.1. The number of hydrogen-bond acceptors (Lipinski definition) is 2. The molecule has 0 N–H and O–H groups in total. The smallest absolute Gasteiger partial charge is 0.0998 e. The van der Waals surface area contributed by atoms with Gasteiger partial charge in [-0.05, 0) is 30.7 Å². The summed E-state index contributed by atoms with van der Waals surface area (Å²) in [6.45, 7) is 2.72. The second-order valence-electron chi connectivity index (χ2n) is 6.93. The standard InChI is InChI=1S/C23H19ClN4/c1-16-3-5-18(6-4-16)19(11-25)9-20-15-28(14-17-12-26-27(2)13-17)23-10-21(24)7-8-22(20)23/h3-10,12-13,15H,14H2,1-2H3/b19-9+. The van der Waals surface area contributed by atoms with E-state index >= 15 is 0 Å². The molecule has 0 saturated heterocycles. The molecule has 0 aliphatic rings.